The van der Waals surface area contributed by atoms with E-state index in [0.29, 0.717) is 0 Å². The lowest BCUT2D eigenvalue weighted by atomic mass is 10.4. The van der Waals surface area contributed by atoms with Crippen LogP contribution >= 0.6 is 0 Å². The van der Waals surface area contributed by atoms with Crippen LogP contribution in [0.5, 0.6) is 0 Å². The molecule has 1 aliphatic heterocycles. The maximum atomic E-state index is 11.0. The first-order valence-corrected chi connectivity index (χ1v) is 6.40. The number of amides is 2. The molecular formula is C7H16N2O3Si. The molecular weight excluding hydrogens is 188 g/mol. The number of urea groups is 1. The van der Waals surface area contributed by atoms with Crippen molar-refractivity contribution in [3.63, 3.8) is 0 Å². The Labute approximate surface area is 79.6 Å². The van der Waals surface area contributed by atoms with Gasteiger partial charge in [-0.25, -0.2) is 4.79 Å². The Morgan fingerprint density at radius 2 is 2.38 bits per heavy atom. The Morgan fingerprint density at radius 3 is 2.92 bits per heavy atom. The summed E-state index contributed by atoms with van der Waals surface area (Å²) >= 11 is 0. The lowest BCUT2D eigenvalue weighted by Gasteiger charge is -2.13. The summed E-state index contributed by atoms with van der Waals surface area (Å²) in [5, 5.41) is 20.0. The van der Waals surface area contributed by atoms with Crippen LogP contribution in [0.1, 0.15) is 6.42 Å². The number of aliphatic hydroxyl groups excluding tert-OH is 1. The van der Waals surface area contributed by atoms with Gasteiger partial charge in [0.25, 0.3) is 0 Å². The molecule has 1 fully saturated rings. The maximum absolute atomic E-state index is 11.0. The fourth-order valence-corrected chi connectivity index (χ4v) is 2.23. The average Bonchev–Trinajstić information content (AvgIpc) is 2.45. The molecule has 0 saturated carbocycles. The van der Waals surface area contributed by atoms with E-state index in [1.165, 1.54) is 0 Å². The van der Waals surface area contributed by atoms with E-state index < -0.39 is 15.4 Å². The quantitative estimate of drug-likeness (QED) is 0.283. The third kappa shape index (κ3) is 3.75. The van der Waals surface area contributed by atoms with Crippen LogP contribution in [0, 0.1) is 0 Å². The van der Waals surface area contributed by atoms with Crippen LogP contribution in [-0.2, 0) is 0 Å². The summed E-state index contributed by atoms with van der Waals surface area (Å²) in [5.41, 5.74) is 0. The first kappa shape index (κ1) is 10.5. The van der Waals surface area contributed by atoms with E-state index in [4.69, 9.17) is 10.2 Å². The molecule has 0 bridgehead atoms. The molecule has 0 aliphatic carbocycles. The Kier molecular flexibility index (Phi) is 4.20. The van der Waals surface area contributed by atoms with E-state index >= 15 is 0 Å². The van der Waals surface area contributed by atoms with Crippen molar-refractivity contribution in [1.29, 1.82) is 0 Å². The van der Waals surface area contributed by atoms with Gasteiger partial charge in [-0.1, -0.05) is 6.04 Å². The van der Waals surface area contributed by atoms with Crippen molar-refractivity contribution in [2.45, 2.75) is 18.4 Å². The third-order valence-corrected chi connectivity index (χ3v) is 3.51. The average molecular weight is 204 g/mol. The summed E-state index contributed by atoms with van der Waals surface area (Å²) in [5.74, 6) is -1.08. The molecule has 13 heavy (non-hydrogen) atoms. The predicted octanol–water partition coefficient (Wildman–Crippen LogP) is -1.74. The summed E-state index contributed by atoms with van der Waals surface area (Å²) in [4.78, 5) is 12.8. The number of carbonyl (C=O) groups is 1. The van der Waals surface area contributed by atoms with Crippen LogP contribution < -0.4 is 5.32 Å². The van der Waals surface area contributed by atoms with Crippen molar-refractivity contribution in [1.82, 2.24) is 10.2 Å². The Morgan fingerprint density at radius 1 is 1.62 bits per heavy atom. The molecule has 0 aromatic rings. The van der Waals surface area contributed by atoms with E-state index in [9.17, 15) is 4.79 Å². The minimum atomic E-state index is -1.08. The second-order valence-electron chi connectivity index (χ2n) is 3.20. The highest BCUT2D eigenvalue weighted by atomic mass is 28.2. The normalized spacial score (nSPS) is 17.8. The molecule has 1 rings (SSSR count). The minimum Gasteiger partial charge on any atom is -0.373 e. The van der Waals surface area contributed by atoms with Crippen molar-refractivity contribution in [3.05, 3.63) is 0 Å². The smallest absolute Gasteiger partial charge is 0.317 e. The topological polar surface area (TPSA) is 72.8 Å². The second-order valence-corrected chi connectivity index (χ2v) is 5.21. The monoisotopic (exact) mass is 204 g/mol. The summed E-state index contributed by atoms with van der Waals surface area (Å²) in [6.07, 6.45) is 0.886. The number of nitrogens with one attached hydrogen (secondary N) is 1. The summed E-state index contributed by atoms with van der Waals surface area (Å²) in [6, 6.07) is 0.882. The van der Waals surface area contributed by atoms with E-state index in [1.807, 2.05) is 0 Å². The van der Waals surface area contributed by atoms with Gasteiger partial charge in [0.15, 0.2) is 0 Å². The lowest BCUT2D eigenvalue weighted by Crippen LogP contribution is -2.29. The fourth-order valence-electron chi connectivity index (χ4n) is 1.35. The van der Waals surface area contributed by atoms with Crippen LogP contribution in [-0.4, -0.2) is 56.2 Å². The van der Waals surface area contributed by atoms with Gasteiger partial charge < -0.3 is 20.4 Å². The third-order valence-electron chi connectivity index (χ3n) is 2.09. The molecule has 3 N–H and O–H groups in total. The lowest BCUT2D eigenvalue weighted by molar-refractivity contribution is 0.0289. The number of hydrogen-bond donors (Lipinski definition) is 3. The molecule has 6 heteroatoms. The number of aliphatic hydroxyl groups is 2. The van der Waals surface area contributed by atoms with Gasteiger partial charge >= 0.3 is 6.03 Å². The highest BCUT2D eigenvalue weighted by Gasteiger charge is 2.18. The minimum absolute atomic E-state index is 0.00575. The molecule has 0 aromatic carbocycles. The van der Waals surface area contributed by atoms with Crippen LogP contribution in [0.4, 0.5) is 4.79 Å². The molecule has 0 radical (unpaired) electrons. The highest BCUT2D eigenvalue weighted by molar-refractivity contribution is 6.36. The maximum Gasteiger partial charge on any atom is 0.317 e. The highest BCUT2D eigenvalue weighted by Crippen LogP contribution is 2.00. The van der Waals surface area contributed by atoms with Crippen molar-refractivity contribution in [2.75, 3.05) is 19.6 Å². The molecule has 76 valence electrons. The van der Waals surface area contributed by atoms with Gasteiger partial charge in [-0.15, -0.1) is 0 Å². The van der Waals surface area contributed by atoms with Crippen LogP contribution in [0.25, 0.3) is 0 Å². The largest absolute Gasteiger partial charge is 0.373 e. The van der Waals surface area contributed by atoms with E-state index in [-0.39, 0.29) is 6.03 Å². The van der Waals surface area contributed by atoms with Crippen LogP contribution in [0.3, 0.4) is 0 Å². The second kappa shape index (κ2) is 5.20. The van der Waals surface area contributed by atoms with Gasteiger partial charge in [-0.3, -0.25) is 0 Å². The molecule has 1 heterocycles. The van der Waals surface area contributed by atoms with E-state index in [0.717, 1.165) is 32.1 Å². The zero-order valence-corrected chi connectivity index (χ0v) is 8.98. The summed E-state index contributed by atoms with van der Waals surface area (Å²) in [7, 11) is -0.756. The van der Waals surface area contributed by atoms with Gasteiger partial charge in [0, 0.05) is 19.6 Å². The first-order valence-electron chi connectivity index (χ1n) is 4.59. The zero-order valence-electron chi connectivity index (χ0n) is 7.57. The molecule has 0 unspecified atom stereocenters. The van der Waals surface area contributed by atoms with Crippen LogP contribution in [0.15, 0.2) is 0 Å². The van der Waals surface area contributed by atoms with Crippen molar-refractivity contribution >= 4 is 15.6 Å². The molecule has 1 saturated heterocycles. The van der Waals surface area contributed by atoms with Crippen molar-refractivity contribution < 1.29 is 15.0 Å². The molecule has 1 aliphatic rings. The molecule has 0 atom stereocenters. The Bertz CT molecular complexity index is 177. The van der Waals surface area contributed by atoms with E-state index in [1.54, 1.807) is 4.90 Å². The van der Waals surface area contributed by atoms with Gasteiger partial charge in [0.05, 0.1) is 9.52 Å². The number of carbonyl (C=O) groups excluding carboxylic acids is 1. The molecule has 0 aromatic heterocycles. The predicted molar refractivity (Wildman–Crippen MR) is 51.2 cm³/mol. The number of rotatable bonds is 5. The van der Waals surface area contributed by atoms with Gasteiger partial charge in [0.2, 0.25) is 0 Å². The van der Waals surface area contributed by atoms with Gasteiger partial charge in [-0.05, 0) is 6.42 Å². The summed E-state index contributed by atoms with van der Waals surface area (Å²) < 4.78 is 0. The van der Waals surface area contributed by atoms with Gasteiger partial charge in [-0.2, -0.15) is 0 Å². The molecule has 2 amide bonds. The first-order chi connectivity index (χ1) is 6.20. The SMILES string of the molecule is O=C1NCCN1CCC[SiH2]C(O)O. The molecule has 0 spiro atoms. The molecule has 5 nitrogen and oxygen atoms in total. The Hall–Kier alpha value is -0.593. The van der Waals surface area contributed by atoms with Crippen LogP contribution in [0.2, 0.25) is 6.04 Å². The summed E-state index contributed by atoms with van der Waals surface area (Å²) in [6.45, 7) is 2.26. The standard InChI is InChI=1S/C7H16N2O3Si/c10-6-8-2-4-9(6)3-1-5-13-7(11)12/h7,11-12H,1-5,13H2,(H,8,10). The fraction of sp³-hybridized carbons (Fsp3) is 0.857. The van der Waals surface area contributed by atoms with Gasteiger partial charge in [0.1, 0.15) is 5.91 Å². The zero-order chi connectivity index (χ0) is 9.68. The van der Waals surface area contributed by atoms with Crippen molar-refractivity contribution in [2.24, 2.45) is 0 Å². The number of nitrogens with zero attached hydrogens (tertiary/aromatic N) is 1. The Balaban J connectivity index is 2.02. The van der Waals surface area contributed by atoms with Crippen molar-refractivity contribution in [3.8, 4) is 0 Å². The number of hydrogen-bond acceptors (Lipinski definition) is 3. The van der Waals surface area contributed by atoms with E-state index in [2.05, 4.69) is 5.32 Å².